The highest BCUT2D eigenvalue weighted by molar-refractivity contribution is 6.31. The number of nitrogens with zero attached hydrogens (tertiary/aromatic N) is 2. The van der Waals surface area contributed by atoms with Crippen molar-refractivity contribution in [1.29, 1.82) is 0 Å². The highest BCUT2D eigenvalue weighted by Gasteiger charge is 2.40. The molecule has 1 N–H and O–H groups in total. The van der Waals surface area contributed by atoms with Crippen LogP contribution in [0.4, 0.5) is 0 Å². The van der Waals surface area contributed by atoms with Gasteiger partial charge in [0.25, 0.3) is 0 Å². The number of halogens is 1. The van der Waals surface area contributed by atoms with Gasteiger partial charge in [0.05, 0.1) is 42.7 Å². The van der Waals surface area contributed by atoms with Crippen LogP contribution in [0.2, 0.25) is 5.02 Å². The van der Waals surface area contributed by atoms with Crippen LogP contribution in [0.15, 0.2) is 108 Å². The monoisotopic (exact) mass is 583 g/mol. The van der Waals surface area contributed by atoms with Gasteiger partial charge < -0.3 is 19.5 Å². The number of hydrogen-bond donors (Lipinski definition) is 1. The van der Waals surface area contributed by atoms with Gasteiger partial charge in [-0.1, -0.05) is 48.0 Å². The van der Waals surface area contributed by atoms with Crippen LogP contribution in [-0.2, 0) is 25.7 Å². The van der Waals surface area contributed by atoms with Crippen LogP contribution in [0.1, 0.15) is 30.9 Å². The second kappa shape index (κ2) is 12.4. The smallest absolute Gasteiger partial charge is 0.336 e. The predicted octanol–water partition coefficient (Wildman–Crippen LogP) is 6.35. The van der Waals surface area contributed by atoms with Crippen LogP contribution in [-0.4, -0.2) is 35.9 Å². The van der Waals surface area contributed by atoms with E-state index in [2.05, 4.69) is 5.32 Å². The van der Waals surface area contributed by atoms with Gasteiger partial charge in [0.1, 0.15) is 12.4 Å². The van der Waals surface area contributed by atoms with Crippen molar-refractivity contribution in [2.45, 2.75) is 26.4 Å². The number of hydrogen-bond acceptors (Lipinski definition) is 7. The molecule has 1 aliphatic heterocycles. The molecule has 0 saturated carbocycles. The van der Waals surface area contributed by atoms with Crippen molar-refractivity contribution in [2.24, 2.45) is 0 Å². The van der Waals surface area contributed by atoms with Gasteiger partial charge in [-0.25, -0.2) is 14.3 Å². The third-order valence-corrected chi connectivity index (χ3v) is 7.49. The lowest BCUT2D eigenvalue weighted by atomic mass is 9.79. The highest BCUT2D eigenvalue weighted by atomic mass is 35.5. The summed E-state index contributed by atoms with van der Waals surface area (Å²) >= 11 is 6.28. The minimum absolute atomic E-state index is 0.303. The number of esters is 2. The molecule has 0 amide bonds. The molecule has 5 rings (SSSR count). The predicted molar refractivity (Wildman–Crippen MR) is 160 cm³/mol. The molecule has 0 fully saturated rings. The number of para-hydroxylation sites is 1. The minimum atomic E-state index is -0.797. The van der Waals surface area contributed by atoms with Crippen LogP contribution in [0.3, 0.4) is 0 Å². The van der Waals surface area contributed by atoms with E-state index in [9.17, 15) is 9.59 Å². The number of dihydropyridines is 1. The molecule has 3 aromatic carbocycles. The lowest BCUT2D eigenvalue weighted by molar-refractivity contribution is -0.137. The summed E-state index contributed by atoms with van der Waals surface area (Å²) in [5.41, 5.74) is 5.47. The Hall–Kier alpha value is -4.82. The Morgan fingerprint density at radius 2 is 1.45 bits per heavy atom. The fraction of sp³-hybridized carbons (Fsp3) is 0.182. The van der Waals surface area contributed by atoms with E-state index in [0.717, 1.165) is 16.8 Å². The molecular formula is C33H30ClN3O5. The number of rotatable bonds is 8. The Labute approximate surface area is 249 Å². The van der Waals surface area contributed by atoms with Gasteiger partial charge in [0.15, 0.2) is 0 Å². The van der Waals surface area contributed by atoms with Crippen molar-refractivity contribution >= 4 is 23.5 Å². The second-order valence-corrected chi connectivity index (χ2v) is 10.1. The largest absolute Gasteiger partial charge is 0.489 e. The van der Waals surface area contributed by atoms with Gasteiger partial charge in [-0.2, -0.15) is 5.10 Å². The van der Waals surface area contributed by atoms with E-state index in [0.29, 0.717) is 51.2 Å². The number of benzene rings is 3. The Morgan fingerprint density at radius 1 is 0.857 bits per heavy atom. The number of methoxy groups -OCH3 is 2. The lowest BCUT2D eigenvalue weighted by Gasteiger charge is -2.29. The molecule has 42 heavy (non-hydrogen) atoms. The second-order valence-electron chi connectivity index (χ2n) is 9.74. The van der Waals surface area contributed by atoms with Crippen molar-refractivity contribution in [3.8, 4) is 22.7 Å². The van der Waals surface area contributed by atoms with Gasteiger partial charge in [-0.05, 0) is 56.3 Å². The molecule has 9 heteroatoms. The average Bonchev–Trinajstić information content (AvgIpc) is 3.45. The van der Waals surface area contributed by atoms with E-state index in [1.54, 1.807) is 18.5 Å². The zero-order valence-corrected chi connectivity index (χ0v) is 24.4. The summed E-state index contributed by atoms with van der Waals surface area (Å²) in [7, 11) is 2.64. The van der Waals surface area contributed by atoms with E-state index in [-0.39, 0.29) is 0 Å². The summed E-state index contributed by atoms with van der Waals surface area (Å²) in [6, 6.07) is 24.6. The Bertz CT molecular complexity index is 1650. The topological polar surface area (TPSA) is 91.7 Å². The highest BCUT2D eigenvalue weighted by Crippen LogP contribution is 2.43. The van der Waals surface area contributed by atoms with Gasteiger partial charge >= 0.3 is 11.9 Å². The Balaban J connectivity index is 1.62. The molecular weight excluding hydrogens is 554 g/mol. The summed E-state index contributed by atoms with van der Waals surface area (Å²) in [5.74, 6) is -1.25. The van der Waals surface area contributed by atoms with Gasteiger partial charge in [0.2, 0.25) is 0 Å². The normalized spacial score (nSPS) is 13.5. The third kappa shape index (κ3) is 5.66. The van der Waals surface area contributed by atoms with E-state index < -0.39 is 17.9 Å². The molecule has 8 nitrogen and oxygen atoms in total. The first-order valence-electron chi connectivity index (χ1n) is 13.3. The zero-order valence-electron chi connectivity index (χ0n) is 23.7. The number of carbonyl (C=O) groups is 2. The Kier molecular flexibility index (Phi) is 8.45. The first-order valence-corrected chi connectivity index (χ1v) is 13.7. The van der Waals surface area contributed by atoms with Crippen molar-refractivity contribution in [2.75, 3.05) is 14.2 Å². The molecule has 0 unspecified atom stereocenters. The number of aromatic nitrogens is 2. The first kappa shape index (κ1) is 28.7. The van der Waals surface area contributed by atoms with E-state index in [4.69, 9.17) is 30.9 Å². The molecule has 1 aliphatic rings. The fourth-order valence-electron chi connectivity index (χ4n) is 5.09. The molecule has 1 aromatic heterocycles. The molecule has 214 valence electrons. The van der Waals surface area contributed by atoms with Crippen molar-refractivity contribution < 1.29 is 23.8 Å². The summed E-state index contributed by atoms with van der Waals surface area (Å²) < 4.78 is 18.1. The van der Waals surface area contributed by atoms with Gasteiger partial charge in [-0.15, -0.1) is 0 Å². The molecule has 4 aromatic rings. The Morgan fingerprint density at radius 3 is 2.05 bits per heavy atom. The maximum absolute atomic E-state index is 13.2. The summed E-state index contributed by atoms with van der Waals surface area (Å²) in [5, 5.41) is 8.73. The molecule has 0 aliphatic carbocycles. The SMILES string of the molecule is COC(=O)C1=C(C)NC(C)=C(C(=O)OC)C1c1cn(-c2ccccc2)nc1-c1ccc(OCc2ccccc2Cl)cc1. The maximum Gasteiger partial charge on any atom is 0.336 e. The van der Waals surface area contributed by atoms with Gasteiger partial charge in [-0.3, -0.25) is 0 Å². The van der Waals surface area contributed by atoms with Crippen LogP contribution in [0, 0.1) is 0 Å². The molecule has 0 radical (unpaired) electrons. The van der Waals surface area contributed by atoms with E-state index in [1.807, 2.05) is 85.1 Å². The van der Waals surface area contributed by atoms with Crippen LogP contribution >= 0.6 is 11.6 Å². The van der Waals surface area contributed by atoms with Crippen molar-refractivity contribution in [1.82, 2.24) is 15.1 Å². The summed E-state index contributed by atoms with van der Waals surface area (Å²) in [6.07, 6.45) is 1.84. The van der Waals surface area contributed by atoms with Crippen molar-refractivity contribution in [3.05, 3.63) is 124 Å². The summed E-state index contributed by atoms with van der Waals surface area (Å²) in [6.45, 7) is 3.88. The minimum Gasteiger partial charge on any atom is -0.489 e. The number of allylic oxidation sites excluding steroid dienone is 2. The molecule has 0 atom stereocenters. The van der Waals surface area contributed by atoms with Gasteiger partial charge in [0, 0.05) is 39.3 Å². The number of ether oxygens (including phenoxy) is 3. The number of nitrogens with one attached hydrogen (secondary N) is 1. The quantitative estimate of drug-likeness (QED) is 0.242. The molecule has 0 saturated heterocycles. The van der Waals surface area contributed by atoms with Crippen LogP contribution in [0.5, 0.6) is 5.75 Å². The van der Waals surface area contributed by atoms with E-state index in [1.165, 1.54) is 14.2 Å². The zero-order chi connectivity index (χ0) is 29.8. The third-order valence-electron chi connectivity index (χ3n) is 7.13. The molecule has 2 heterocycles. The first-order chi connectivity index (χ1) is 20.3. The number of carbonyl (C=O) groups excluding carboxylic acids is 2. The fourth-order valence-corrected chi connectivity index (χ4v) is 5.28. The summed E-state index contributed by atoms with van der Waals surface area (Å²) in [4.78, 5) is 26.3. The molecule has 0 bridgehead atoms. The van der Waals surface area contributed by atoms with Crippen LogP contribution in [0.25, 0.3) is 16.9 Å². The average molecular weight is 584 g/mol. The van der Waals surface area contributed by atoms with Crippen LogP contribution < -0.4 is 10.1 Å². The van der Waals surface area contributed by atoms with Crippen molar-refractivity contribution in [3.63, 3.8) is 0 Å². The van der Waals surface area contributed by atoms with E-state index >= 15 is 0 Å². The standard InChI is InChI=1S/C33H30ClN3O5/c1-20-28(32(38)40-3)30(29(21(2)35-20)33(39)41-4)26-18-37(24-11-6-5-7-12-24)36-31(26)22-14-16-25(17-15-22)42-19-23-10-8-9-13-27(23)34/h5-18,30,35H,19H2,1-4H3. The molecule has 0 spiro atoms. The maximum atomic E-state index is 13.2. The lowest BCUT2D eigenvalue weighted by Crippen LogP contribution is -2.32.